The summed E-state index contributed by atoms with van der Waals surface area (Å²) in [5, 5.41) is 19.2. The molecular weight excluding hydrogens is 1800 g/mol. The van der Waals surface area contributed by atoms with Gasteiger partial charge in [-0.25, -0.2) is 38.7 Å². The van der Waals surface area contributed by atoms with Gasteiger partial charge in [0.15, 0.2) is 6.04 Å². The van der Waals surface area contributed by atoms with Gasteiger partial charge in [-0.2, -0.15) is 17.6 Å². The molecule has 6 aliphatic heterocycles. The zero-order chi connectivity index (χ0) is 98.8. The van der Waals surface area contributed by atoms with Crippen molar-refractivity contribution in [1.29, 1.82) is 0 Å². The molecule has 12 atom stereocenters. The lowest BCUT2D eigenvalue weighted by molar-refractivity contribution is -0.139. The van der Waals surface area contributed by atoms with Gasteiger partial charge in [-0.05, 0) is 224 Å². The van der Waals surface area contributed by atoms with Crippen LogP contribution in [0.1, 0.15) is 193 Å². The fourth-order valence-electron chi connectivity index (χ4n) is 22.1. The molecule has 10 aromatic rings. The van der Waals surface area contributed by atoms with Gasteiger partial charge in [0.2, 0.25) is 11.8 Å². The highest BCUT2D eigenvalue weighted by atomic mass is 19.3. The van der Waals surface area contributed by atoms with Gasteiger partial charge in [0, 0.05) is 82.8 Å². The highest BCUT2D eigenvalue weighted by molar-refractivity contribution is 6.03. The normalized spacial score (nSPS) is 21.1. The van der Waals surface area contributed by atoms with Crippen LogP contribution in [0.2, 0.25) is 0 Å². The van der Waals surface area contributed by atoms with Crippen molar-refractivity contribution in [3.63, 3.8) is 0 Å². The minimum Gasteiger partial charge on any atom is -0.479 e. The van der Waals surface area contributed by atoms with Crippen LogP contribution in [0, 0.1) is 23.7 Å². The predicted octanol–water partition coefficient (Wildman–Crippen LogP) is 19.5. The lowest BCUT2D eigenvalue weighted by atomic mass is 9.90. The maximum Gasteiger partial charge on any atom is 0.411 e. The van der Waals surface area contributed by atoms with Crippen LogP contribution in [0.15, 0.2) is 192 Å². The van der Waals surface area contributed by atoms with Gasteiger partial charge < -0.3 is 74.7 Å². The Kier molecular flexibility index (Phi) is 26.5. The number of ether oxygens (including phenoxy) is 5. The first-order chi connectivity index (χ1) is 67.1. The fourth-order valence-corrected chi connectivity index (χ4v) is 22.1. The van der Waals surface area contributed by atoms with Crippen LogP contribution in [0.25, 0.3) is 67.0 Å². The molecule has 4 saturated heterocycles. The summed E-state index contributed by atoms with van der Waals surface area (Å²) in [7, 11) is 4.97. The smallest absolute Gasteiger partial charge is 0.411 e. The van der Waals surface area contributed by atoms with Crippen molar-refractivity contribution in [3.8, 4) is 67.0 Å². The Morgan fingerprint density at radius 3 is 1.21 bits per heavy atom. The number of halogens is 4. The second-order valence-electron chi connectivity index (χ2n) is 39.2. The zero-order valence-electron chi connectivity index (χ0n) is 79.6. The highest BCUT2D eigenvalue weighted by Gasteiger charge is 2.55. The molecule has 728 valence electrons. The number of alkyl carbamates (subject to hydrolysis) is 4. The Hall–Kier alpha value is -14.5. The molecule has 2 saturated carbocycles. The molecule has 8 heterocycles. The number of aromatic amines is 2. The molecule has 10 aliphatic rings. The molecule has 0 unspecified atom stereocenters. The van der Waals surface area contributed by atoms with Crippen molar-refractivity contribution in [3.05, 3.63) is 238 Å². The maximum atomic E-state index is 16.7. The first kappa shape index (κ1) is 95.8. The average Bonchev–Trinajstić information content (AvgIpc) is 1.57. The van der Waals surface area contributed by atoms with E-state index in [1.165, 1.54) is 40.6 Å². The minimum absolute atomic E-state index is 0.0346. The van der Waals surface area contributed by atoms with E-state index in [1.807, 2.05) is 149 Å². The lowest BCUT2D eigenvalue weighted by Gasteiger charge is -2.37. The predicted molar refractivity (Wildman–Crippen MR) is 515 cm³/mol. The summed E-state index contributed by atoms with van der Waals surface area (Å²) in [6.07, 6.45) is 9.83. The summed E-state index contributed by atoms with van der Waals surface area (Å²) in [5.74, 6) is -6.95. The first-order valence-electron chi connectivity index (χ1n) is 47.6. The van der Waals surface area contributed by atoms with Crippen LogP contribution in [-0.4, -0.2) is 194 Å². The number of benzene rings is 8. The molecule has 20 rings (SSSR count). The van der Waals surface area contributed by atoms with E-state index in [-0.39, 0.29) is 100 Å². The summed E-state index contributed by atoms with van der Waals surface area (Å²) >= 11 is 0. The number of hydrogen-bond donors (Lipinski definition) is 7. The monoisotopic (exact) mass is 1910 g/mol. The molecule has 8 aromatic carbocycles. The number of piperidine rings is 2. The summed E-state index contributed by atoms with van der Waals surface area (Å²) in [6.45, 7) is 14.1. The van der Waals surface area contributed by atoms with Gasteiger partial charge in [-0.15, -0.1) is 0 Å². The number of amides is 8. The number of nitrogens with one attached hydrogen (secondary N) is 6. The third-order valence-electron chi connectivity index (χ3n) is 28.8. The van der Waals surface area contributed by atoms with Crippen LogP contribution in [0.5, 0.6) is 0 Å². The summed E-state index contributed by atoms with van der Waals surface area (Å²) in [6, 6.07) is 45.6. The molecule has 140 heavy (non-hydrogen) atoms. The number of fused-ring (bicyclic) bond motifs is 12. The van der Waals surface area contributed by atoms with Crippen molar-refractivity contribution in [2.75, 3.05) is 41.5 Å². The third-order valence-corrected chi connectivity index (χ3v) is 28.8. The van der Waals surface area contributed by atoms with Gasteiger partial charge >= 0.3 is 36.4 Å². The van der Waals surface area contributed by atoms with E-state index in [0.29, 0.717) is 123 Å². The molecule has 2 aromatic heterocycles. The number of aliphatic imine (C=N–C) groups is 2. The summed E-state index contributed by atoms with van der Waals surface area (Å²) in [4.78, 5) is 147. The van der Waals surface area contributed by atoms with Crippen LogP contribution >= 0.6 is 0 Å². The number of rotatable bonds is 20. The van der Waals surface area contributed by atoms with Crippen LogP contribution in [0.4, 0.5) is 52.9 Å². The van der Waals surface area contributed by atoms with Crippen molar-refractivity contribution in [1.82, 2.24) is 60.8 Å². The number of carbonyl (C=O) groups is 9. The Morgan fingerprint density at radius 2 is 0.807 bits per heavy atom. The quantitative estimate of drug-likeness (QED) is 0.0275. The molecule has 0 radical (unpaired) electrons. The van der Waals surface area contributed by atoms with E-state index >= 15 is 17.6 Å². The maximum absolute atomic E-state index is 16.7. The minimum atomic E-state index is -3.28. The zero-order valence-corrected chi connectivity index (χ0v) is 79.6. The molecule has 7 N–H and O–H groups in total. The Morgan fingerprint density at radius 1 is 0.443 bits per heavy atom. The highest BCUT2D eigenvalue weighted by Crippen LogP contribution is 2.57. The molecule has 4 aliphatic carbocycles. The Bertz CT molecular complexity index is 6590. The number of H-pyrrole nitrogens is 2. The molecule has 29 nitrogen and oxygen atoms in total. The first-order valence-corrected chi connectivity index (χ1v) is 47.6. The Labute approximate surface area is 807 Å². The summed E-state index contributed by atoms with van der Waals surface area (Å²) < 4.78 is 90.9. The summed E-state index contributed by atoms with van der Waals surface area (Å²) in [5.41, 5.74) is 12.9. The number of aliphatic carboxylic acids is 1. The number of imidazole rings is 2. The van der Waals surface area contributed by atoms with E-state index in [2.05, 4.69) is 45.9 Å². The number of carbonyl (C=O) groups excluding carboxylic acids is 8. The van der Waals surface area contributed by atoms with Crippen LogP contribution in [-0.2, 0) is 67.5 Å². The Balaban J connectivity index is 0.000000162. The van der Waals surface area contributed by atoms with Crippen LogP contribution < -0.4 is 21.3 Å². The molecule has 33 heteroatoms. The van der Waals surface area contributed by atoms with Gasteiger partial charge in [-0.3, -0.25) is 29.3 Å². The topological polar surface area (TPSA) is 363 Å². The number of likely N-dealkylation sites (tertiary alicyclic amines) is 4. The molecule has 0 spiro atoms. The molecular formula is C107H112F4N14O15. The second-order valence-corrected chi connectivity index (χ2v) is 39.2. The third kappa shape index (κ3) is 18.5. The standard InChI is InChI=1S/C51H51F2N7O6.C46H50F2N6O5.C10H11NO4/c1-27(2)43(57-49(63)65-3)47(61)59-20-8-11-42(59)46-54-26-41(56-46)31-14-18-36-35-17-13-30(23-37(35)51(52,53)38(36)24-31)29-15-19-39-33(21-29)25-40(55-39)45-32-12-16-34(22-32)60(45)48(62)44(58-50(64)66-4)28-9-6-5-7-10-28;1-24(2)39(52-43(56)58-6)42(55)53-17-7-8-38(53)41-49-23-37(51-41)27-11-15-32-31-14-10-26(20-33(31)46(47,48)34(32)21-27)25-12-16-35-29(18-25)22-36(50-35)40-28-9-13-30(19-28)54(40)44(57)59-45(3,4)5;1-15-10(14)11-8(9(12)13)7-5-3-2-4-6-7/h5-7,9-10,13-15,17-19,21,23-24,26-27,32,34,42-45H,8,11-12,16,20,22,25H2,1-4H3,(H,54,56)(H,57,63)(H,58,64);10-12,14-16,18,20-21,23-24,28,30,38-40H,7-9,13,17,19,22H2,1-6H3,(H,49,51)(H,52,56);2-6,8H,1H3,(H,11,14)(H,12,13)/t32-,34+,42-,43-,44+,45-;28-,30+,38-,39-,40-;8-/m001/s1. The van der Waals surface area contributed by atoms with Gasteiger partial charge in [0.25, 0.3) is 17.8 Å². The van der Waals surface area contributed by atoms with Gasteiger partial charge in [0.1, 0.15) is 35.4 Å². The van der Waals surface area contributed by atoms with Crippen molar-refractivity contribution in [2.24, 2.45) is 33.7 Å². The van der Waals surface area contributed by atoms with Crippen molar-refractivity contribution >= 4 is 77.0 Å². The number of carboxylic acids is 1. The lowest BCUT2D eigenvalue weighted by Crippen LogP contribution is -2.53. The number of hydrogen-bond acceptors (Lipinski definition) is 18. The van der Waals surface area contributed by atoms with Crippen LogP contribution in [0.3, 0.4) is 0 Å². The van der Waals surface area contributed by atoms with E-state index in [1.54, 1.807) is 88.9 Å². The fraction of sp³-hybridized carbons (Fsp3) is 0.393. The van der Waals surface area contributed by atoms with E-state index in [9.17, 15) is 43.2 Å². The average molecular weight is 1910 g/mol. The number of alkyl halides is 4. The number of nitrogens with zero attached hydrogens (tertiary/aromatic N) is 8. The van der Waals surface area contributed by atoms with E-state index in [0.717, 1.165) is 96.4 Å². The molecule has 8 amide bonds. The van der Waals surface area contributed by atoms with Gasteiger partial charge in [0.05, 0.1) is 87.8 Å². The van der Waals surface area contributed by atoms with Crippen molar-refractivity contribution < 1.29 is 89.5 Å². The van der Waals surface area contributed by atoms with Crippen molar-refractivity contribution in [2.45, 2.75) is 203 Å². The second kappa shape index (κ2) is 38.7. The number of methoxy groups -OCH3 is 4. The van der Waals surface area contributed by atoms with E-state index in [4.69, 9.17) is 34.0 Å². The van der Waals surface area contributed by atoms with E-state index < -0.39 is 72.0 Å². The SMILES string of the molecule is COC(=O)N[C@@H](C(=O)O)c1ccccc1.COC(=O)N[C@H](C(=O)N1CCC[C@H]1c1ncc(-c2ccc3c(c2)C(F)(F)c2cc(-c4ccc5c(c4)CC([C@@H]4[C@H]6CC[C@H](C6)N4C(=O)OC(C)(C)C)=N5)ccc2-3)[nH]1)C(C)C.COC(=O)N[C@H](C(=O)N1CCC[C@H]1c1ncc(-c2ccc3c(c2)C(F)(F)c2cc(-c4ccc5c(c4)CC([C@@H]4[C@H]6CC[C@H](C6)N4C(=O)[C@H](NC(=O)OC)c4ccccc4)=N5)ccc2-3)[nH]1)C(C)C. The number of aromatic nitrogens is 4. The largest absolute Gasteiger partial charge is 0.479 e. The number of carboxylic acid groups (broad SMARTS) is 1. The molecule has 6 fully saturated rings. The van der Waals surface area contributed by atoms with Gasteiger partial charge in [-0.1, -0.05) is 149 Å². The molecule has 4 bridgehead atoms.